The quantitative estimate of drug-likeness (QED) is 0.0659. The van der Waals surface area contributed by atoms with E-state index < -0.39 is 5.97 Å². The van der Waals surface area contributed by atoms with Gasteiger partial charge in [-0.2, -0.15) is 0 Å². The molecule has 2 fully saturated rings. The summed E-state index contributed by atoms with van der Waals surface area (Å²) in [6.07, 6.45) is 15.8. The van der Waals surface area contributed by atoms with E-state index in [0.717, 1.165) is 103 Å². The van der Waals surface area contributed by atoms with Crippen LogP contribution in [0.2, 0.25) is 0 Å². The fraction of sp³-hybridized carbons (Fsp3) is 0.560. The standard InChI is InChI=1S/C26H37NO3.C24H33NO3/c1-3-5-6-7-8-18-30-25-11-9-10-23-19-21(12-13-24(23)25)20-27-16-14-22(15-17-27)26(28)29-4-2;1-2-3-4-5-6-16-28-23-9-7-8-21-17-19(10-11-22(21)23)18-25-14-12-20(13-15-25)24(26)27/h9-13,19,22H,3-8,14-18,20H2,1-2H3;7-11,17,20H,2-6,12-16,18H2,1H3,(H,26,27). The molecule has 8 heteroatoms. The second kappa shape index (κ2) is 24.7. The van der Waals surface area contributed by atoms with Gasteiger partial charge in [0, 0.05) is 23.9 Å². The smallest absolute Gasteiger partial charge is 0.309 e. The third-order valence-corrected chi connectivity index (χ3v) is 11.8. The molecule has 4 aromatic rings. The number of fused-ring (bicyclic) bond motifs is 2. The van der Waals surface area contributed by atoms with E-state index >= 15 is 0 Å². The second-order valence-corrected chi connectivity index (χ2v) is 16.3. The van der Waals surface area contributed by atoms with Crippen molar-refractivity contribution in [2.45, 2.75) is 124 Å². The first-order chi connectivity index (χ1) is 28.4. The van der Waals surface area contributed by atoms with E-state index in [1.54, 1.807) is 0 Å². The van der Waals surface area contributed by atoms with E-state index in [4.69, 9.17) is 19.3 Å². The van der Waals surface area contributed by atoms with E-state index in [1.807, 2.05) is 6.92 Å². The van der Waals surface area contributed by atoms with E-state index in [1.165, 1.54) is 84.0 Å². The predicted octanol–water partition coefficient (Wildman–Crippen LogP) is 11.4. The monoisotopic (exact) mass is 795 g/mol. The number of rotatable bonds is 21. The minimum Gasteiger partial charge on any atom is -0.493 e. The van der Waals surface area contributed by atoms with Gasteiger partial charge in [0.25, 0.3) is 0 Å². The number of carbonyl (C=O) groups excluding carboxylic acids is 1. The van der Waals surface area contributed by atoms with Crippen LogP contribution in [0.4, 0.5) is 0 Å². The van der Waals surface area contributed by atoms with Gasteiger partial charge in [0.1, 0.15) is 11.5 Å². The number of piperidine rings is 2. The highest BCUT2D eigenvalue weighted by molar-refractivity contribution is 5.89. The minimum absolute atomic E-state index is 0.0271. The van der Waals surface area contributed by atoms with Gasteiger partial charge in [0.15, 0.2) is 0 Å². The highest BCUT2D eigenvalue weighted by Crippen LogP contribution is 2.30. The summed E-state index contributed by atoms with van der Waals surface area (Å²) in [6, 6.07) is 25.9. The highest BCUT2D eigenvalue weighted by atomic mass is 16.5. The SMILES string of the molecule is CCCCCCCOc1cccc2cc(CN3CCC(C(=O)O)CC3)ccc12.CCCCCCCOc1cccc2cc(CN3CCC(C(=O)OCC)CC3)ccc12. The topological polar surface area (TPSA) is 88.5 Å². The first-order valence-electron chi connectivity index (χ1n) is 22.5. The molecule has 4 aromatic carbocycles. The van der Waals surface area contributed by atoms with E-state index in [0.29, 0.717) is 6.61 Å². The van der Waals surface area contributed by atoms with Crippen molar-refractivity contribution in [1.82, 2.24) is 9.80 Å². The van der Waals surface area contributed by atoms with Gasteiger partial charge >= 0.3 is 11.9 Å². The molecule has 6 rings (SSSR count). The maximum atomic E-state index is 11.9. The molecule has 2 saturated heterocycles. The lowest BCUT2D eigenvalue weighted by Gasteiger charge is -2.30. The normalized spacial score (nSPS) is 15.6. The first-order valence-corrected chi connectivity index (χ1v) is 22.5. The van der Waals surface area contributed by atoms with Gasteiger partial charge < -0.3 is 19.3 Å². The number of carbonyl (C=O) groups is 2. The fourth-order valence-corrected chi connectivity index (χ4v) is 8.27. The zero-order chi connectivity index (χ0) is 41.0. The van der Waals surface area contributed by atoms with Crippen LogP contribution in [0.1, 0.15) is 122 Å². The zero-order valence-corrected chi connectivity index (χ0v) is 35.7. The number of ether oxygens (including phenoxy) is 3. The summed E-state index contributed by atoms with van der Waals surface area (Å²) in [7, 11) is 0. The molecule has 2 aliphatic rings. The van der Waals surface area contributed by atoms with Crippen LogP contribution in [-0.4, -0.2) is 72.8 Å². The molecule has 0 saturated carbocycles. The minimum atomic E-state index is -0.650. The van der Waals surface area contributed by atoms with Crippen LogP contribution in [0.15, 0.2) is 72.8 Å². The Hall–Kier alpha value is -4.14. The highest BCUT2D eigenvalue weighted by Gasteiger charge is 2.26. The van der Waals surface area contributed by atoms with Gasteiger partial charge in [-0.3, -0.25) is 19.4 Å². The average molecular weight is 795 g/mol. The number of nitrogens with zero attached hydrogens (tertiary/aromatic N) is 2. The lowest BCUT2D eigenvalue weighted by molar-refractivity contribution is -0.149. The Bertz CT molecular complexity index is 1830. The van der Waals surface area contributed by atoms with Crippen molar-refractivity contribution in [2.75, 3.05) is 46.0 Å². The van der Waals surface area contributed by atoms with Crippen molar-refractivity contribution in [3.63, 3.8) is 0 Å². The molecule has 0 aliphatic carbocycles. The Morgan fingerprint density at radius 1 is 0.586 bits per heavy atom. The van der Waals surface area contributed by atoms with E-state index in [9.17, 15) is 9.59 Å². The molecule has 1 N–H and O–H groups in total. The third-order valence-electron chi connectivity index (χ3n) is 11.8. The fourth-order valence-electron chi connectivity index (χ4n) is 8.27. The van der Waals surface area contributed by atoms with Crippen molar-refractivity contribution < 1.29 is 28.9 Å². The van der Waals surface area contributed by atoms with Crippen LogP contribution in [0.25, 0.3) is 21.5 Å². The number of likely N-dealkylation sites (tertiary alicyclic amines) is 2. The van der Waals surface area contributed by atoms with Gasteiger partial charge in [-0.25, -0.2) is 0 Å². The van der Waals surface area contributed by atoms with Crippen LogP contribution in [0, 0.1) is 11.8 Å². The second-order valence-electron chi connectivity index (χ2n) is 16.3. The number of hydrogen-bond donors (Lipinski definition) is 1. The summed E-state index contributed by atoms with van der Waals surface area (Å²) >= 11 is 0. The molecular weight excluding hydrogens is 725 g/mol. The molecular formula is C50H70N2O6. The largest absolute Gasteiger partial charge is 0.493 e. The van der Waals surface area contributed by atoms with Gasteiger partial charge in [0.2, 0.25) is 0 Å². The lowest BCUT2D eigenvalue weighted by atomic mass is 9.96. The molecule has 0 unspecified atom stereocenters. The number of unbranched alkanes of at least 4 members (excludes halogenated alkanes) is 8. The van der Waals surface area contributed by atoms with Crippen molar-refractivity contribution in [1.29, 1.82) is 0 Å². The van der Waals surface area contributed by atoms with Crippen molar-refractivity contribution in [3.8, 4) is 11.5 Å². The molecule has 0 spiro atoms. The Balaban J connectivity index is 0.000000221. The maximum Gasteiger partial charge on any atom is 0.309 e. The summed E-state index contributed by atoms with van der Waals surface area (Å²) in [4.78, 5) is 27.8. The van der Waals surface area contributed by atoms with Crippen LogP contribution < -0.4 is 9.47 Å². The summed E-state index contributed by atoms with van der Waals surface area (Å²) in [5, 5.41) is 13.9. The Labute approximate surface area is 348 Å². The summed E-state index contributed by atoms with van der Waals surface area (Å²) in [5.74, 6) is 1.18. The van der Waals surface area contributed by atoms with Crippen molar-refractivity contribution in [3.05, 3.63) is 83.9 Å². The molecule has 2 aliphatic heterocycles. The Kier molecular flexibility index (Phi) is 19.1. The summed E-state index contributed by atoms with van der Waals surface area (Å²) in [5.41, 5.74) is 2.59. The molecule has 0 aromatic heterocycles. The van der Waals surface area contributed by atoms with Crippen molar-refractivity contribution >= 4 is 33.5 Å². The van der Waals surface area contributed by atoms with Crippen LogP contribution in [-0.2, 0) is 27.4 Å². The first kappa shape index (κ1) is 45.0. The predicted molar refractivity (Wildman–Crippen MR) is 237 cm³/mol. The maximum absolute atomic E-state index is 11.9. The third kappa shape index (κ3) is 14.3. The number of carboxylic acid groups (broad SMARTS) is 1. The summed E-state index contributed by atoms with van der Waals surface area (Å²) < 4.78 is 17.3. The molecule has 0 atom stereocenters. The number of benzene rings is 4. The molecule has 0 radical (unpaired) electrons. The van der Waals surface area contributed by atoms with Gasteiger partial charge in [-0.05, 0) is 118 Å². The average Bonchev–Trinajstić information content (AvgIpc) is 3.24. The lowest BCUT2D eigenvalue weighted by Crippen LogP contribution is -2.36. The molecule has 316 valence electrons. The zero-order valence-electron chi connectivity index (χ0n) is 35.7. The number of hydrogen-bond acceptors (Lipinski definition) is 7. The van der Waals surface area contributed by atoms with E-state index in [-0.39, 0.29) is 17.8 Å². The molecule has 8 nitrogen and oxygen atoms in total. The van der Waals surface area contributed by atoms with Crippen LogP contribution in [0.5, 0.6) is 11.5 Å². The Morgan fingerprint density at radius 2 is 1.03 bits per heavy atom. The van der Waals surface area contributed by atoms with Gasteiger partial charge in [-0.15, -0.1) is 0 Å². The number of aliphatic carboxylic acids is 1. The van der Waals surface area contributed by atoms with Crippen LogP contribution >= 0.6 is 0 Å². The molecule has 0 bridgehead atoms. The van der Waals surface area contributed by atoms with Crippen molar-refractivity contribution in [2.24, 2.45) is 11.8 Å². The van der Waals surface area contributed by atoms with Crippen LogP contribution in [0.3, 0.4) is 0 Å². The van der Waals surface area contributed by atoms with E-state index in [2.05, 4.69) is 96.4 Å². The number of carboxylic acids is 1. The molecule has 58 heavy (non-hydrogen) atoms. The molecule has 0 amide bonds. The Morgan fingerprint density at radius 3 is 1.47 bits per heavy atom. The number of esters is 1. The summed E-state index contributed by atoms with van der Waals surface area (Å²) in [6.45, 7) is 13.8. The van der Waals surface area contributed by atoms with Gasteiger partial charge in [0.05, 0.1) is 31.7 Å². The molecule has 2 heterocycles. The van der Waals surface area contributed by atoms with Gasteiger partial charge in [-0.1, -0.05) is 114 Å².